The lowest BCUT2D eigenvalue weighted by molar-refractivity contribution is 0.731. The Kier molecular flexibility index (Phi) is 1.58. The van der Waals surface area contributed by atoms with Crippen LogP contribution in [0.25, 0.3) is 0 Å². The quantitative estimate of drug-likeness (QED) is 0.494. The van der Waals surface area contributed by atoms with Crippen LogP contribution < -0.4 is 11.3 Å². The van der Waals surface area contributed by atoms with E-state index in [0.717, 1.165) is 5.13 Å². The Morgan fingerprint density at radius 1 is 1.73 bits per heavy atom. The molecule has 3 N–H and O–H groups in total. The first-order valence-corrected chi connectivity index (χ1v) is 4.59. The number of hydrogen-bond acceptors (Lipinski definition) is 4. The highest BCUT2D eigenvalue weighted by Gasteiger charge is 2.22. The van der Waals surface area contributed by atoms with Gasteiger partial charge in [0.1, 0.15) is 0 Å². The van der Waals surface area contributed by atoms with Crippen LogP contribution in [0.2, 0.25) is 0 Å². The molecule has 2 rings (SSSR count). The SMILES string of the molecule is CC1CCc2sc(NN)nc21. The second kappa shape index (κ2) is 2.46. The van der Waals surface area contributed by atoms with Crippen LogP contribution in [-0.2, 0) is 6.42 Å². The van der Waals surface area contributed by atoms with E-state index in [2.05, 4.69) is 17.3 Å². The second-order valence-electron chi connectivity index (χ2n) is 2.91. The van der Waals surface area contributed by atoms with E-state index in [0.29, 0.717) is 5.92 Å². The number of nitrogens with zero attached hydrogens (tertiary/aromatic N) is 1. The molecule has 0 spiro atoms. The van der Waals surface area contributed by atoms with Gasteiger partial charge in [0.25, 0.3) is 0 Å². The van der Waals surface area contributed by atoms with Crippen LogP contribution in [0.4, 0.5) is 5.13 Å². The summed E-state index contributed by atoms with van der Waals surface area (Å²) in [4.78, 5) is 5.78. The third kappa shape index (κ3) is 1.02. The smallest absolute Gasteiger partial charge is 0.197 e. The van der Waals surface area contributed by atoms with Crippen molar-refractivity contribution < 1.29 is 0 Å². The average Bonchev–Trinajstić information content (AvgIpc) is 2.53. The first-order valence-electron chi connectivity index (χ1n) is 3.77. The van der Waals surface area contributed by atoms with Crippen LogP contribution in [-0.4, -0.2) is 4.98 Å². The Morgan fingerprint density at radius 2 is 2.55 bits per heavy atom. The van der Waals surface area contributed by atoms with Crippen molar-refractivity contribution in [3.63, 3.8) is 0 Å². The normalized spacial score (nSPS) is 21.8. The fraction of sp³-hybridized carbons (Fsp3) is 0.571. The molecule has 11 heavy (non-hydrogen) atoms. The molecule has 60 valence electrons. The molecule has 1 heterocycles. The van der Waals surface area contributed by atoms with Gasteiger partial charge in [0.05, 0.1) is 5.69 Å². The summed E-state index contributed by atoms with van der Waals surface area (Å²) in [7, 11) is 0. The van der Waals surface area contributed by atoms with E-state index in [-0.39, 0.29) is 0 Å². The summed E-state index contributed by atoms with van der Waals surface area (Å²) in [5.74, 6) is 5.88. The van der Waals surface area contributed by atoms with Gasteiger partial charge < -0.3 is 0 Å². The highest BCUT2D eigenvalue weighted by molar-refractivity contribution is 7.15. The number of hydrazine groups is 1. The van der Waals surface area contributed by atoms with Crippen LogP contribution in [0.3, 0.4) is 0 Å². The zero-order chi connectivity index (χ0) is 7.84. The zero-order valence-electron chi connectivity index (χ0n) is 6.42. The van der Waals surface area contributed by atoms with E-state index in [4.69, 9.17) is 5.84 Å². The maximum atomic E-state index is 5.25. The summed E-state index contributed by atoms with van der Waals surface area (Å²) in [6.07, 6.45) is 2.43. The zero-order valence-corrected chi connectivity index (χ0v) is 7.24. The van der Waals surface area contributed by atoms with E-state index >= 15 is 0 Å². The van der Waals surface area contributed by atoms with Crippen molar-refractivity contribution in [1.29, 1.82) is 0 Å². The predicted molar refractivity (Wildman–Crippen MR) is 46.7 cm³/mol. The van der Waals surface area contributed by atoms with Gasteiger partial charge in [-0.3, -0.25) is 5.43 Å². The Labute approximate surface area is 69.6 Å². The summed E-state index contributed by atoms with van der Waals surface area (Å²) in [6.45, 7) is 2.21. The fourth-order valence-corrected chi connectivity index (χ4v) is 2.48. The summed E-state index contributed by atoms with van der Waals surface area (Å²) in [5.41, 5.74) is 3.84. The lowest BCUT2D eigenvalue weighted by Gasteiger charge is -1.97. The van der Waals surface area contributed by atoms with Crippen molar-refractivity contribution in [3.05, 3.63) is 10.6 Å². The number of nitrogens with two attached hydrogens (primary N) is 1. The van der Waals surface area contributed by atoms with E-state index in [9.17, 15) is 0 Å². The molecule has 0 radical (unpaired) electrons. The van der Waals surface area contributed by atoms with Gasteiger partial charge in [-0.15, -0.1) is 11.3 Å². The third-order valence-electron chi connectivity index (χ3n) is 2.12. The Bertz CT molecular complexity index is 269. The van der Waals surface area contributed by atoms with Gasteiger partial charge in [0.15, 0.2) is 5.13 Å². The number of rotatable bonds is 1. The lowest BCUT2D eigenvalue weighted by atomic mass is 10.1. The van der Waals surface area contributed by atoms with Crippen molar-refractivity contribution in [1.82, 2.24) is 4.98 Å². The fourth-order valence-electron chi connectivity index (χ4n) is 1.47. The van der Waals surface area contributed by atoms with Gasteiger partial charge in [0.2, 0.25) is 0 Å². The molecule has 1 aliphatic carbocycles. The molecule has 1 aromatic heterocycles. The summed E-state index contributed by atoms with van der Waals surface area (Å²) >= 11 is 1.68. The molecule has 4 heteroatoms. The van der Waals surface area contributed by atoms with Crippen LogP contribution in [0.5, 0.6) is 0 Å². The molecule has 0 bridgehead atoms. The highest BCUT2D eigenvalue weighted by atomic mass is 32.1. The molecule has 1 aromatic rings. The molecule has 3 nitrogen and oxygen atoms in total. The molecule has 1 atom stereocenters. The summed E-state index contributed by atoms with van der Waals surface area (Å²) in [5, 5.41) is 0.849. The number of hydrogen-bond donors (Lipinski definition) is 2. The highest BCUT2D eigenvalue weighted by Crippen LogP contribution is 2.37. The maximum Gasteiger partial charge on any atom is 0.197 e. The summed E-state index contributed by atoms with van der Waals surface area (Å²) in [6, 6.07) is 0. The summed E-state index contributed by atoms with van der Waals surface area (Å²) < 4.78 is 0. The first kappa shape index (κ1) is 7.06. The number of anilines is 1. The molecule has 0 amide bonds. The standard InChI is InChI=1S/C7H11N3S/c1-4-2-3-5-6(4)9-7(10-8)11-5/h4H,2-3,8H2,1H3,(H,9,10). The molecular weight excluding hydrogens is 158 g/mol. The first-order chi connectivity index (χ1) is 5.31. The maximum absolute atomic E-state index is 5.25. The minimum absolute atomic E-state index is 0.628. The number of nitrogen functional groups attached to an aromatic ring is 1. The molecule has 0 fully saturated rings. The van der Waals surface area contributed by atoms with Gasteiger partial charge in [-0.25, -0.2) is 10.8 Å². The average molecular weight is 169 g/mol. The molecule has 0 saturated carbocycles. The van der Waals surface area contributed by atoms with Crippen molar-refractivity contribution in [2.45, 2.75) is 25.7 Å². The largest absolute Gasteiger partial charge is 0.300 e. The Balaban J connectivity index is 2.38. The van der Waals surface area contributed by atoms with E-state index in [1.165, 1.54) is 23.4 Å². The molecular formula is C7H11N3S. The molecule has 1 aliphatic rings. The number of nitrogens with one attached hydrogen (secondary N) is 1. The van der Waals surface area contributed by atoms with Gasteiger partial charge in [-0.1, -0.05) is 6.92 Å². The van der Waals surface area contributed by atoms with Crippen LogP contribution in [0.15, 0.2) is 0 Å². The molecule has 0 aromatic carbocycles. The lowest BCUT2D eigenvalue weighted by Crippen LogP contribution is -2.06. The van der Waals surface area contributed by atoms with E-state index in [1.807, 2.05) is 0 Å². The molecule has 1 unspecified atom stereocenters. The molecule has 0 saturated heterocycles. The van der Waals surface area contributed by atoms with Crippen molar-refractivity contribution >= 4 is 16.5 Å². The predicted octanol–water partition coefficient (Wildman–Crippen LogP) is 1.48. The van der Waals surface area contributed by atoms with Gasteiger partial charge in [-0.05, 0) is 18.8 Å². The monoisotopic (exact) mass is 169 g/mol. The van der Waals surface area contributed by atoms with Crippen LogP contribution in [0, 0.1) is 0 Å². The minimum Gasteiger partial charge on any atom is -0.300 e. The van der Waals surface area contributed by atoms with Crippen LogP contribution in [0.1, 0.15) is 29.8 Å². The van der Waals surface area contributed by atoms with Crippen molar-refractivity contribution in [2.75, 3.05) is 5.43 Å². The topological polar surface area (TPSA) is 50.9 Å². The second-order valence-corrected chi connectivity index (χ2v) is 4.00. The van der Waals surface area contributed by atoms with Crippen molar-refractivity contribution in [3.8, 4) is 0 Å². The number of fused-ring (bicyclic) bond motifs is 1. The van der Waals surface area contributed by atoms with Crippen LogP contribution >= 0.6 is 11.3 Å². The third-order valence-corrected chi connectivity index (χ3v) is 3.18. The Morgan fingerprint density at radius 3 is 3.18 bits per heavy atom. The van der Waals surface area contributed by atoms with Crippen molar-refractivity contribution in [2.24, 2.45) is 5.84 Å². The Hall–Kier alpha value is -0.610. The van der Waals surface area contributed by atoms with Gasteiger partial charge >= 0.3 is 0 Å². The number of aromatic nitrogens is 1. The van der Waals surface area contributed by atoms with E-state index in [1.54, 1.807) is 11.3 Å². The van der Waals surface area contributed by atoms with Gasteiger partial charge in [0, 0.05) is 4.88 Å². The van der Waals surface area contributed by atoms with Gasteiger partial charge in [-0.2, -0.15) is 0 Å². The molecule has 0 aliphatic heterocycles. The number of aryl methyl sites for hydroxylation is 1. The minimum atomic E-state index is 0.628. The number of thiazole rings is 1. The van der Waals surface area contributed by atoms with E-state index < -0.39 is 0 Å².